The van der Waals surface area contributed by atoms with Gasteiger partial charge in [-0.15, -0.1) is 11.3 Å². The van der Waals surface area contributed by atoms with Gasteiger partial charge in [-0.3, -0.25) is 0 Å². The molecule has 3 nitrogen and oxygen atoms in total. The van der Waals surface area contributed by atoms with Gasteiger partial charge >= 0.3 is 0 Å². The highest BCUT2D eigenvalue weighted by molar-refractivity contribution is 7.09. The second kappa shape index (κ2) is 5.68. The Morgan fingerprint density at radius 2 is 2.39 bits per heavy atom. The fraction of sp³-hybridized carbons (Fsp3) is 0.786. The number of nitrogens with one attached hydrogen (secondary N) is 1. The van der Waals surface area contributed by atoms with Crippen LogP contribution in [0.2, 0.25) is 0 Å². The molecule has 2 saturated heterocycles. The average molecular weight is 265 g/mol. The lowest BCUT2D eigenvalue weighted by molar-refractivity contribution is 0.397. The SMILES string of the molecule is CN1CCC(c2nc(CC3CCCCN3)cs2)C1. The van der Waals surface area contributed by atoms with Gasteiger partial charge in [0.2, 0.25) is 0 Å². The molecule has 0 amide bonds. The van der Waals surface area contributed by atoms with Crippen molar-refractivity contribution < 1.29 is 0 Å². The number of piperidine rings is 1. The van der Waals surface area contributed by atoms with E-state index in [1.165, 1.54) is 56.0 Å². The van der Waals surface area contributed by atoms with Crippen LogP contribution in [-0.4, -0.2) is 42.6 Å². The lowest BCUT2D eigenvalue weighted by Crippen LogP contribution is -2.35. The number of likely N-dealkylation sites (tertiary alicyclic amines) is 1. The molecule has 1 aromatic heterocycles. The second-order valence-corrected chi connectivity index (χ2v) is 6.67. The van der Waals surface area contributed by atoms with E-state index < -0.39 is 0 Å². The molecule has 0 aromatic carbocycles. The monoisotopic (exact) mass is 265 g/mol. The predicted molar refractivity (Wildman–Crippen MR) is 76.3 cm³/mol. The van der Waals surface area contributed by atoms with Crippen molar-refractivity contribution in [1.82, 2.24) is 15.2 Å². The maximum atomic E-state index is 4.87. The molecule has 4 heteroatoms. The minimum Gasteiger partial charge on any atom is -0.314 e. The van der Waals surface area contributed by atoms with Gasteiger partial charge in [-0.2, -0.15) is 0 Å². The Morgan fingerprint density at radius 1 is 1.44 bits per heavy atom. The summed E-state index contributed by atoms with van der Waals surface area (Å²) >= 11 is 1.87. The third-order valence-corrected chi connectivity index (χ3v) is 5.23. The molecule has 3 heterocycles. The first-order valence-electron chi connectivity index (χ1n) is 7.17. The van der Waals surface area contributed by atoms with Gasteiger partial charge in [-0.1, -0.05) is 6.42 Å². The fourth-order valence-corrected chi connectivity index (χ4v) is 4.05. The minimum absolute atomic E-state index is 0.667. The summed E-state index contributed by atoms with van der Waals surface area (Å²) < 4.78 is 0. The number of hydrogen-bond acceptors (Lipinski definition) is 4. The van der Waals surface area contributed by atoms with Crippen LogP contribution in [0.25, 0.3) is 0 Å². The number of thiazole rings is 1. The highest BCUT2D eigenvalue weighted by Crippen LogP contribution is 2.29. The fourth-order valence-electron chi connectivity index (χ4n) is 3.09. The Morgan fingerprint density at radius 3 is 3.11 bits per heavy atom. The molecule has 2 fully saturated rings. The van der Waals surface area contributed by atoms with Crippen molar-refractivity contribution in [3.8, 4) is 0 Å². The van der Waals surface area contributed by atoms with Crippen LogP contribution in [-0.2, 0) is 6.42 Å². The number of rotatable bonds is 3. The molecule has 100 valence electrons. The first kappa shape index (κ1) is 12.6. The van der Waals surface area contributed by atoms with Crippen LogP contribution in [0.15, 0.2) is 5.38 Å². The van der Waals surface area contributed by atoms with E-state index in [1.54, 1.807) is 0 Å². The van der Waals surface area contributed by atoms with Crippen molar-refractivity contribution in [1.29, 1.82) is 0 Å². The van der Waals surface area contributed by atoms with E-state index in [-0.39, 0.29) is 0 Å². The van der Waals surface area contributed by atoms with Crippen LogP contribution in [0.1, 0.15) is 42.3 Å². The van der Waals surface area contributed by atoms with Gasteiger partial charge in [0.15, 0.2) is 0 Å². The van der Waals surface area contributed by atoms with E-state index in [9.17, 15) is 0 Å². The molecule has 0 saturated carbocycles. The zero-order valence-corrected chi connectivity index (χ0v) is 12.0. The summed E-state index contributed by atoms with van der Waals surface area (Å²) in [5.74, 6) is 0.688. The third kappa shape index (κ3) is 2.92. The molecule has 0 bridgehead atoms. The van der Waals surface area contributed by atoms with E-state index in [0.29, 0.717) is 12.0 Å². The van der Waals surface area contributed by atoms with E-state index in [4.69, 9.17) is 4.98 Å². The maximum Gasteiger partial charge on any atom is 0.0972 e. The van der Waals surface area contributed by atoms with Crippen molar-refractivity contribution in [2.45, 2.75) is 44.1 Å². The molecule has 2 aliphatic heterocycles. The number of likely N-dealkylation sites (N-methyl/N-ethyl adjacent to an activating group) is 1. The summed E-state index contributed by atoms with van der Waals surface area (Å²) in [6, 6.07) is 0.667. The normalized spacial score (nSPS) is 29.8. The second-order valence-electron chi connectivity index (χ2n) is 5.78. The Balaban J connectivity index is 1.59. The largest absolute Gasteiger partial charge is 0.314 e. The molecule has 1 aromatic rings. The first-order valence-corrected chi connectivity index (χ1v) is 8.05. The molecule has 0 aliphatic carbocycles. The van der Waals surface area contributed by atoms with Gasteiger partial charge in [-0.25, -0.2) is 4.98 Å². The zero-order chi connectivity index (χ0) is 12.4. The van der Waals surface area contributed by atoms with Gasteiger partial charge in [0.1, 0.15) is 0 Å². The number of aromatic nitrogens is 1. The van der Waals surface area contributed by atoms with E-state index in [1.807, 2.05) is 11.3 Å². The lowest BCUT2D eigenvalue weighted by Gasteiger charge is -2.22. The molecule has 0 radical (unpaired) electrons. The molecule has 2 unspecified atom stereocenters. The Bertz CT molecular complexity index is 384. The maximum absolute atomic E-state index is 4.87. The standard InChI is InChI=1S/C14H23N3S/c1-17-7-5-11(9-17)14-16-13(10-18-14)8-12-4-2-3-6-15-12/h10-12,15H,2-9H2,1H3. The van der Waals surface area contributed by atoms with Crippen molar-refractivity contribution in [2.75, 3.05) is 26.7 Å². The Kier molecular flexibility index (Phi) is 3.97. The highest BCUT2D eigenvalue weighted by atomic mass is 32.1. The summed E-state index contributed by atoms with van der Waals surface area (Å²) in [6.45, 7) is 3.60. The quantitative estimate of drug-likeness (QED) is 0.908. The van der Waals surface area contributed by atoms with E-state index in [2.05, 4.69) is 22.6 Å². The van der Waals surface area contributed by atoms with Gasteiger partial charge in [0, 0.05) is 30.3 Å². The summed E-state index contributed by atoms with van der Waals surface area (Å²) in [5, 5.41) is 7.26. The molecule has 1 N–H and O–H groups in total. The topological polar surface area (TPSA) is 28.2 Å². The van der Waals surface area contributed by atoms with Gasteiger partial charge in [0.25, 0.3) is 0 Å². The van der Waals surface area contributed by atoms with E-state index in [0.717, 1.165) is 6.42 Å². The highest BCUT2D eigenvalue weighted by Gasteiger charge is 2.24. The zero-order valence-electron chi connectivity index (χ0n) is 11.2. The molecule has 3 rings (SSSR count). The van der Waals surface area contributed by atoms with Crippen molar-refractivity contribution >= 4 is 11.3 Å². The van der Waals surface area contributed by atoms with Crippen LogP contribution in [0.3, 0.4) is 0 Å². The van der Waals surface area contributed by atoms with Crippen molar-refractivity contribution in [2.24, 2.45) is 0 Å². The summed E-state index contributed by atoms with van der Waals surface area (Å²) in [4.78, 5) is 7.28. The first-order chi connectivity index (χ1) is 8.81. The minimum atomic E-state index is 0.667. The van der Waals surface area contributed by atoms with Crippen LogP contribution in [0.4, 0.5) is 0 Å². The molecule has 0 spiro atoms. The van der Waals surface area contributed by atoms with Crippen molar-refractivity contribution in [3.05, 3.63) is 16.1 Å². The van der Waals surface area contributed by atoms with Gasteiger partial charge in [-0.05, 0) is 39.4 Å². The van der Waals surface area contributed by atoms with Gasteiger partial charge in [0.05, 0.1) is 10.7 Å². The smallest absolute Gasteiger partial charge is 0.0972 e. The Hall–Kier alpha value is -0.450. The summed E-state index contributed by atoms with van der Waals surface area (Å²) in [6.07, 6.45) is 6.44. The predicted octanol–water partition coefficient (Wildman–Crippen LogP) is 2.25. The summed E-state index contributed by atoms with van der Waals surface area (Å²) in [7, 11) is 2.21. The molecule has 2 atom stereocenters. The Labute approximate surface area is 114 Å². The number of hydrogen-bond donors (Lipinski definition) is 1. The average Bonchev–Trinajstić information content (AvgIpc) is 2.99. The molecular formula is C14H23N3S. The molecule has 18 heavy (non-hydrogen) atoms. The van der Waals surface area contributed by atoms with Crippen molar-refractivity contribution in [3.63, 3.8) is 0 Å². The molecular weight excluding hydrogens is 242 g/mol. The number of nitrogens with zero attached hydrogens (tertiary/aromatic N) is 2. The van der Waals surface area contributed by atoms with Crippen LogP contribution < -0.4 is 5.32 Å². The van der Waals surface area contributed by atoms with E-state index >= 15 is 0 Å². The summed E-state index contributed by atoms with van der Waals surface area (Å²) in [5.41, 5.74) is 1.31. The third-order valence-electron chi connectivity index (χ3n) is 4.18. The van der Waals surface area contributed by atoms with Crippen LogP contribution >= 0.6 is 11.3 Å². The lowest BCUT2D eigenvalue weighted by atomic mass is 10.0. The van der Waals surface area contributed by atoms with Gasteiger partial charge < -0.3 is 10.2 Å². The molecule has 2 aliphatic rings. The van der Waals surface area contributed by atoms with Crippen LogP contribution in [0, 0.1) is 0 Å². The van der Waals surface area contributed by atoms with Crippen LogP contribution in [0.5, 0.6) is 0 Å².